The molecule has 1 amide bonds. The quantitative estimate of drug-likeness (QED) is 0.295. The van der Waals surface area contributed by atoms with Gasteiger partial charge in [0.15, 0.2) is 4.91 Å². The fraction of sp³-hybridized carbons (Fsp3) is 0.129. The highest BCUT2D eigenvalue weighted by Gasteiger charge is 2.41. The van der Waals surface area contributed by atoms with Crippen LogP contribution in [-0.4, -0.2) is 20.9 Å². The molecule has 192 valence electrons. The van der Waals surface area contributed by atoms with Crippen LogP contribution in [0.15, 0.2) is 114 Å². The van der Waals surface area contributed by atoms with Crippen molar-refractivity contribution in [2.45, 2.75) is 19.4 Å². The lowest BCUT2D eigenvalue weighted by Gasteiger charge is -2.34. The topological polar surface area (TPSA) is 66.5 Å². The normalized spacial score (nSPS) is 15.1. The summed E-state index contributed by atoms with van der Waals surface area (Å²) in [5.74, 6) is -0.648. The van der Waals surface area contributed by atoms with E-state index >= 15 is 0 Å². The molecule has 0 saturated carbocycles. The zero-order valence-electron chi connectivity index (χ0n) is 20.8. The first-order valence-electron chi connectivity index (χ1n) is 12.4. The second-order valence-corrected chi connectivity index (χ2v) is 11.5. The summed E-state index contributed by atoms with van der Waals surface area (Å²) in [7, 11) is -4.24. The maximum absolute atomic E-state index is 14.3. The third kappa shape index (κ3) is 5.10. The average Bonchev–Trinajstić information content (AvgIpc) is 2.94. The van der Waals surface area contributed by atoms with Gasteiger partial charge in [0.05, 0.1) is 12.2 Å². The minimum atomic E-state index is -4.24. The lowest BCUT2D eigenvalue weighted by atomic mass is 9.95. The van der Waals surface area contributed by atoms with Gasteiger partial charge in [-0.3, -0.25) is 9.10 Å². The molecule has 1 atom stereocenters. The highest BCUT2D eigenvalue weighted by atomic mass is 35.5. The van der Waals surface area contributed by atoms with Gasteiger partial charge < -0.3 is 5.32 Å². The lowest BCUT2D eigenvalue weighted by Crippen LogP contribution is -2.41. The van der Waals surface area contributed by atoms with E-state index in [9.17, 15) is 13.2 Å². The van der Waals surface area contributed by atoms with Crippen LogP contribution in [0.2, 0.25) is 5.02 Å². The summed E-state index contributed by atoms with van der Waals surface area (Å²) in [6.45, 7) is 2.36. The number of nitrogens with zero attached hydrogens (tertiary/aromatic N) is 1. The van der Waals surface area contributed by atoms with Gasteiger partial charge in [-0.05, 0) is 40.8 Å². The number of carbonyl (C=O) groups is 1. The van der Waals surface area contributed by atoms with Gasteiger partial charge in [0.1, 0.15) is 0 Å². The van der Waals surface area contributed by atoms with Gasteiger partial charge in [-0.2, -0.15) is 0 Å². The van der Waals surface area contributed by atoms with Gasteiger partial charge in [-0.25, -0.2) is 8.42 Å². The first-order chi connectivity index (χ1) is 18.4. The number of sulfonamides is 1. The molecule has 5 nitrogen and oxygen atoms in total. The van der Waals surface area contributed by atoms with Crippen LogP contribution in [-0.2, 0) is 21.4 Å². The maximum atomic E-state index is 14.3. The van der Waals surface area contributed by atoms with Crippen molar-refractivity contribution < 1.29 is 13.2 Å². The molecular formula is C31H27ClN2O3S. The van der Waals surface area contributed by atoms with Crippen molar-refractivity contribution in [2.24, 2.45) is 0 Å². The van der Waals surface area contributed by atoms with Gasteiger partial charge in [-0.1, -0.05) is 110 Å². The Labute approximate surface area is 228 Å². The summed E-state index contributed by atoms with van der Waals surface area (Å²) in [5.41, 5.74) is 3.90. The van der Waals surface area contributed by atoms with Gasteiger partial charge in [-0.15, -0.1) is 0 Å². The third-order valence-electron chi connectivity index (χ3n) is 6.65. The molecule has 4 aromatic rings. The number of benzene rings is 4. The van der Waals surface area contributed by atoms with Gasteiger partial charge >= 0.3 is 0 Å². The molecular weight excluding hydrogens is 516 g/mol. The van der Waals surface area contributed by atoms with Crippen LogP contribution in [0.1, 0.15) is 35.1 Å². The van der Waals surface area contributed by atoms with Crippen LogP contribution in [0, 0.1) is 0 Å². The second kappa shape index (κ2) is 10.9. The van der Waals surface area contributed by atoms with E-state index in [2.05, 4.69) is 5.32 Å². The number of anilines is 1. The van der Waals surface area contributed by atoms with E-state index < -0.39 is 15.9 Å². The number of nitrogens with one attached hydrogen (secondary N) is 1. The monoisotopic (exact) mass is 542 g/mol. The molecule has 0 spiro atoms. The molecule has 1 N–H and O–H groups in total. The number of fused-ring (bicyclic) bond motifs is 1. The molecule has 1 heterocycles. The van der Waals surface area contributed by atoms with Crippen LogP contribution >= 0.6 is 11.6 Å². The first kappa shape index (κ1) is 25.8. The van der Waals surface area contributed by atoms with Crippen LogP contribution < -0.4 is 9.62 Å². The SMILES string of the molecule is C[C@H](CNC(=O)C1=C(c2ccccc2)c2cc(Cl)ccc2N(Cc2ccccc2)S1(=O)=O)c1ccccc1. The molecule has 38 heavy (non-hydrogen) atoms. The summed E-state index contributed by atoms with van der Waals surface area (Å²) in [6.07, 6.45) is 0. The summed E-state index contributed by atoms with van der Waals surface area (Å²) < 4.78 is 29.9. The van der Waals surface area contributed by atoms with Crippen molar-refractivity contribution in [3.63, 3.8) is 0 Å². The molecule has 0 radical (unpaired) electrons. The largest absolute Gasteiger partial charge is 0.351 e. The molecule has 0 aromatic heterocycles. The van der Waals surface area contributed by atoms with Gasteiger partial charge in [0.25, 0.3) is 15.9 Å². The van der Waals surface area contributed by atoms with E-state index in [-0.39, 0.29) is 23.9 Å². The number of halogens is 1. The molecule has 0 unspecified atom stereocenters. The van der Waals surface area contributed by atoms with Crippen molar-refractivity contribution >= 4 is 38.8 Å². The molecule has 0 aliphatic carbocycles. The van der Waals surface area contributed by atoms with E-state index in [0.717, 1.165) is 11.1 Å². The fourth-order valence-corrected chi connectivity index (χ4v) is 6.61. The van der Waals surface area contributed by atoms with E-state index in [1.54, 1.807) is 18.2 Å². The predicted molar refractivity (Wildman–Crippen MR) is 153 cm³/mol. The molecule has 1 aliphatic heterocycles. The van der Waals surface area contributed by atoms with Crippen molar-refractivity contribution in [3.8, 4) is 0 Å². The number of rotatable bonds is 7. The Hall–Kier alpha value is -3.87. The molecule has 4 aromatic carbocycles. The zero-order valence-corrected chi connectivity index (χ0v) is 22.4. The molecule has 5 rings (SSSR count). The minimum absolute atomic E-state index is 0.00521. The van der Waals surface area contributed by atoms with Crippen molar-refractivity contribution in [3.05, 3.63) is 141 Å². The lowest BCUT2D eigenvalue weighted by molar-refractivity contribution is -0.116. The van der Waals surface area contributed by atoms with Crippen molar-refractivity contribution in [1.29, 1.82) is 0 Å². The Morgan fingerprint density at radius 2 is 1.47 bits per heavy atom. The Morgan fingerprint density at radius 1 is 0.868 bits per heavy atom. The van der Waals surface area contributed by atoms with E-state index in [0.29, 0.717) is 27.4 Å². The molecule has 0 fully saturated rings. The Morgan fingerprint density at radius 3 is 2.13 bits per heavy atom. The van der Waals surface area contributed by atoms with Crippen molar-refractivity contribution in [1.82, 2.24) is 5.32 Å². The fourth-order valence-electron chi connectivity index (χ4n) is 4.68. The molecule has 1 aliphatic rings. The highest BCUT2D eigenvalue weighted by Crippen LogP contribution is 2.44. The first-order valence-corrected chi connectivity index (χ1v) is 14.2. The summed E-state index contributed by atoms with van der Waals surface area (Å²) >= 11 is 6.42. The van der Waals surface area contributed by atoms with Gasteiger partial charge in [0.2, 0.25) is 0 Å². The summed E-state index contributed by atoms with van der Waals surface area (Å²) in [6, 6.07) is 33.3. The number of carbonyl (C=O) groups excluding carboxylic acids is 1. The standard InChI is InChI=1S/C31H27ClN2O3S/c1-22(24-13-7-3-8-14-24)20-33-31(35)30-29(25-15-9-4-10-16-25)27-19-26(32)17-18-28(27)34(38(30,36)37)21-23-11-5-2-6-12-23/h2-19,22H,20-21H2,1H3,(H,33,35)/t22-/m1/s1. The molecule has 0 bridgehead atoms. The minimum Gasteiger partial charge on any atom is -0.351 e. The summed E-state index contributed by atoms with van der Waals surface area (Å²) in [4.78, 5) is 13.5. The van der Waals surface area contributed by atoms with Crippen LogP contribution in [0.25, 0.3) is 5.57 Å². The number of amides is 1. The Balaban J connectivity index is 1.64. The van der Waals surface area contributed by atoms with Crippen LogP contribution in [0.3, 0.4) is 0 Å². The number of hydrogen-bond acceptors (Lipinski definition) is 3. The van der Waals surface area contributed by atoms with Crippen LogP contribution in [0.4, 0.5) is 5.69 Å². The predicted octanol–water partition coefficient (Wildman–Crippen LogP) is 6.37. The van der Waals surface area contributed by atoms with Crippen molar-refractivity contribution in [2.75, 3.05) is 10.8 Å². The van der Waals surface area contributed by atoms with E-state index in [4.69, 9.17) is 11.6 Å². The van der Waals surface area contributed by atoms with Gasteiger partial charge in [0, 0.05) is 22.7 Å². The summed E-state index contributed by atoms with van der Waals surface area (Å²) in [5, 5.41) is 3.35. The Kier molecular flexibility index (Phi) is 7.36. The molecule has 0 saturated heterocycles. The maximum Gasteiger partial charge on any atom is 0.270 e. The van der Waals surface area contributed by atoms with E-state index in [1.807, 2.05) is 97.9 Å². The highest BCUT2D eigenvalue weighted by molar-refractivity contribution is 7.97. The van der Waals surface area contributed by atoms with Crippen LogP contribution in [0.5, 0.6) is 0 Å². The zero-order chi connectivity index (χ0) is 26.7. The van der Waals surface area contributed by atoms with E-state index in [1.165, 1.54) is 4.31 Å². The number of hydrogen-bond donors (Lipinski definition) is 1. The molecule has 7 heteroatoms. The smallest absolute Gasteiger partial charge is 0.270 e. The third-order valence-corrected chi connectivity index (χ3v) is 8.69. The average molecular weight is 543 g/mol. The Bertz CT molecular complexity index is 1590. The second-order valence-electron chi connectivity index (χ2n) is 9.25.